The average Bonchev–Trinajstić information content (AvgIpc) is 3.14. The lowest BCUT2D eigenvalue weighted by molar-refractivity contribution is -0.131. The fraction of sp³-hybridized carbons (Fsp3) is 0.357. The zero-order valence-electron chi connectivity index (χ0n) is 12.1. The molecule has 1 N–H and O–H groups in total. The molecule has 5 nitrogen and oxygen atoms in total. The summed E-state index contributed by atoms with van der Waals surface area (Å²) in [4.78, 5) is 15.4. The molecule has 2 aromatic rings. The number of amides is 1. The molecule has 3 rings (SSSR count). The van der Waals surface area contributed by atoms with Crippen LogP contribution in [0, 0.1) is 0 Å². The Morgan fingerprint density at radius 1 is 1.35 bits per heavy atom. The quantitative estimate of drug-likeness (QED) is 0.786. The minimum atomic E-state index is -3.54. The Labute approximate surface area is 151 Å². The zero-order chi connectivity index (χ0) is 16.4. The summed E-state index contributed by atoms with van der Waals surface area (Å²) in [6.45, 7) is 1.45. The first-order chi connectivity index (χ1) is 11.0. The van der Waals surface area contributed by atoms with Crippen molar-refractivity contribution in [2.75, 3.05) is 13.1 Å². The number of thiophene rings is 2. The molecule has 1 amide bonds. The largest absolute Gasteiger partial charge is 0.338 e. The van der Waals surface area contributed by atoms with Crippen LogP contribution < -0.4 is 4.72 Å². The summed E-state index contributed by atoms with van der Waals surface area (Å²) in [5.41, 5.74) is 1.21. The second-order valence-electron chi connectivity index (χ2n) is 5.14. The van der Waals surface area contributed by atoms with E-state index < -0.39 is 10.0 Å². The van der Waals surface area contributed by atoms with Gasteiger partial charge in [-0.2, -0.15) is 0 Å². The van der Waals surface area contributed by atoms with E-state index in [0.717, 1.165) is 21.5 Å². The van der Waals surface area contributed by atoms with E-state index in [1.165, 1.54) is 10.4 Å². The van der Waals surface area contributed by atoms with Crippen LogP contribution in [-0.2, 0) is 27.8 Å². The van der Waals surface area contributed by atoms with Gasteiger partial charge in [-0.25, -0.2) is 13.1 Å². The zero-order valence-corrected chi connectivity index (χ0v) is 16.2. The van der Waals surface area contributed by atoms with Gasteiger partial charge in [-0.15, -0.1) is 22.7 Å². The van der Waals surface area contributed by atoms with Gasteiger partial charge in [0.05, 0.1) is 3.79 Å². The molecule has 0 aromatic carbocycles. The molecule has 0 atom stereocenters. The maximum Gasteiger partial charge on any atom is 0.250 e. The van der Waals surface area contributed by atoms with Crippen molar-refractivity contribution >= 4 is 54.5 Å². The number of hydrogen-bond donors (Lipinski definition) is 1. The highest BCUT2D eigenvalue weighted by Gasteiger charge is 2.22. The van der Waals surface area contributed by atoms with E-state index in [2.05, 4.69) is 26.7 Å². The molecule has 0 fully saturated rings. The summed E-state index contributed by atoms with van der Waals surface area (Å²) < 4.78 is 27.7. The van der Waals surface area contributed by atoms with Gasteiger partial charge in [0.15, 0.2) is 0 Å². The van der Waals surface area contributed by atoms with E-state index in [9.17, 15) is 13.2 Å². The van der Waals surface area contributed by atoms with E-state index in [-0.39, 0.29) is 23.1 Å². The van der Waals surface area contributed by atoms with Crippen LogP contribution in [0.15, 0.2) is 31.6 Å². The van der Waals surface area contributed by atoms with Gasteiger partial charge in [0.25, 0.3) is 0 Å². The van der Waals surface area contributed by atoms with Gasteiger partial charge >= 0.3 is 0 Å². The summed E-state index contributed by atoms with van der Waals surface area (Å²) in [5.74, 6) is -0.0167. The van der Waals surface area contributed by atoms with E-state index in [1.807, 2.05) is 5.38 Å². The first-order valence-corrected chi connectivity index (χ1v) is 11.0. The lowest BCUT2D eigenvalue weighted by Gasteiger charge is -2.27. The number of nitrogens with one attached hydrogen (secondary N) is 1. The number of rotatable bonds is 5. The van der Waals surface area contributed by atoms with E-state index >= 15 is 0 Å². The van der Waals surface area contributed by atoms with Crippen molar-refractivity contribution in [1.82, 2.24) is 9.62 Å². The van der Waals surface area contributed by atoms with Crippen molar-refractivity contribution in [2.24, 2.45) is 0 Å². The van der Waals surface area contributed by atoms with Gasteiger partial charge in [-0.05, 0) is 51.5 Å². The second-order valence-corrected chi connectivity index (χ2v) is 10.6. The molecule has 0 unspecified atom stereocenters. The molecule has 0 bridgehead atoms. The molecule has 1 aliphatic heterocycles. The van der Waals surface area contributed by atoms with Crippen molar-refractivity contribution in [3.05, 3.63) is 37.8 Å². The number of fused-ring (bicyclic) bond motifs is 1. The van der Waals surface area contributed by atoms with E-state index in [0.29, 0.717) is 13.1 Å². The summed E-state index contributed by atoms with van der Waals surface area (Å²) in [5, 5.41) is 2.05. The maximum absolute atomic E-state index is 12.2. The number of carbonyl (C=O) groups excluding carboxylic acids is 1. The second kappa shape index (κ2) is 7.02. The fourth-order valence-corrected chi connectivity index (χ4v) is 6.40. The Morgan fingerprint density at radius 2 is 2.17 bits per heavy atom. The normalized spacial score (nSPS) is 14.7. The van der Waals surface area contributed by atoms with E-state index in [4.69, 9.17) is 0 Å². The van der Waals surface area contributed by atoms with Crippen molar-refractivity contribution in [3.63, 3.8) is 0 Å². The monoisotopic (exact) mass is 434 g/mol. The predicted molar refractivity (Wildman–Crippen MR) is 95.3 cm³/mol. The van der Waals surface area contributed by atoms with Crippen LogP contribution in [0.1, 0.15) is 16.9 Å². The summed E-state index contributed by atoms with van der Waals surface area (Å²) in [6.07, 6.45) is 1.05. The van der Waals surface area contributed by atoms with Gasteiger partial charge in [-0.1, -0.05) is 0 Å². The van der Waals surface area contributed by atoms with Gasteiger partial charge in [0, 0.05) is 30.9 Å². The molecule has 23 heavy (non-hydrogen) atoms. The van der Waals surface area contributed by atoms with Gasteiger partial charge in [0.1, 0.15) is 4.21 Å². The fourth-order valence-electron chi connectivity index (χ4n) is 2.43. The lowest BCUT2D eigenvalue weighted by atomic mass is 10.1. The molecular formula is C14H15BrN2O3S3. The van der Waals surface area contributed by atoms with Crippen LogP contribution in [0.5, 0.6) is 0 Å². The highest BCUT2D eigenvalue weighted by molar-refractivity contribution is 9.11. The molecule has 0 radical (unpaired) electrons. The standard InChI is InChI=1S/C14H15BrN2O3S3/c15-12-1-2-14(22-12)23(19,20)16-6-3-13(18)17-7-4-11-10(9-17)5-8-21-11/h1-2,5,8,16H,3-4,6-7,9H2. The number of carbonyl (C=O) groups is 1. The van der Waals surface area contributed by atoms with Crippen LogP contribution in [0.4, 0.5) is 0 Å². The Hall–Kier alpha value is -0.740. The first kappa shape index (κ1) is 17.1. The molecule has 9 heteroatoms. The average molecular weight is 435 g/mol. The van der Waals surface area contributed by atoms with Crippen molar-refractivity contribution in [3.8, 4) is 0 Å². The highest BCUT2D eigenvalue weighted by Crippen LogP contribution is 2.26. The first-order valence-electron chi connectivity index (χ1n) is 7.04. The Kier molecular flexibility index (Phi) is 5.22. The number of nitrogens with zero attached hydrogens (tertiary/aromatic N) is 1. The van der Waals surface area contributed by atoms with Crippen LogP contribution in [-0.4, -0.2) is 32.3 Å². The lowest BCUT2D eigenvalue weighted by Crippen LogP contribution is -2.37. The molecule has 0 saturated carbocycles. The molecule has 2 aromatic heterocycles. The van der Waals surface area contributed by atoms with Crippen molar-refractivity contribution < 1.29 is 13.2 Å². The highest BCUT2D eigenvalue weighted by atomic mass is 79.9. The maximum atomic E-state index is 12.2. The predicted octanol–water partition coefficient (Wildman–Crippen LogP) is 2.83. The van der Waals surface area contributed by atoms with Crippen molar-refractivity contribution in [1.29, 1.82) is 0 Å². The van der Waals surface area contributed by atoms with Crippen LogP contribution in [0.3, 0.4) is 0 Å². The van der Waals surface area contributed by atoms with Crippen molar-refractivity contribution in [2.45, 2.75) is 23.6 Å². The molecule has 0 spiro atoms. The van der Waals surface area contributed by atoms with Crippen LogP contribution in [0.25, 0.3) is 0 Å². The topological polar surface area (TPSA) is 66.5 Å². The SMILES string of the molecule is O=C(CCNS(=O)(=O)c1ccc(Br)s1)N1CCc2sccc2C1. The molecule has 0 saturated heterocycles. The number of sulfonamides is 1. The third-order valence-corrected chi connectivity index (χ3v) is 8.20. The molecular weight excluding hydrogens is 420 g/mol. The van der Waals surface area contributed by atoms with Gasteiger partial charge < -0.3 is 4.90 Å². The van der Waals surface area contributed by atoms with Crippen LogP contribution >= 0.6 is 38.6 Å². The van der Waals surface area contributed by atoms with Crippen LogP contribution in [0.2, 0.25) is 0 Å². The number of halogens is 1. The Balaban J connectivity index is 1.52. The molecule has 124 valence electrons. The molecule has 0 aliphatic carbocycles. The third kappa shape index (κ3) is 4.03. The molecule has 3 heterocycles. The van der Waals surface area contributed by atoms with Gasteiger partial charge in [0.2, 0.25) is 15.9 Å². The van der Waals surface area contributed by atoms with Gasteiger partial charge in [-0.3, -0.25) is 4.79 Å². The number of hydrogen-bond acceptors (Lipinski definition) is 5. The summed E-state index contributed by atoms with van der Waals surface area (Å²) >= 11 is 6.12. The van der Waals surface area contributed by atoms with E-state index in [1.54, 1.807) is 28.4 Å². The molecule has 1 aliphatic rings. The summed E-state index contributed by atoms with van der Waals surface area (Å²) in [6, 6.07) is 5.29. The minimum Gasteiger partial charge on any atom is -0.338 e. The third-order valence-electron chi connectivity index (χ3n) is 3.60. The Bertz CT molecular complexity index is 813. The Morgan fingerprint density at radius 3 is 2.91 bits per heavy atom. The smallest absolute Gasteiger partial charge is 0.250 e. The minimum absolute atomic E-state index is 0.0167. The summed E-state index contributed by atoms with van der Waals surface area (Å²) in [7, 11) is -3.54.